The van der Waals surface area contributed by atoms with E-state index in [9.17, 15) is 9.59 Å². The van der Waals surface area contributed by atoms with Crippen molar-refractivity contribution in [1.82, 2.24) is 4.98 Å². The van der Waals surface area contributed by atoms with Crippen LogP contribution < -0.4 is 0 Å². The Labute approximate surface area is 102 Å². The molecule has 0 saturated carbocycles. The molecule has 5 nitrogen and oxygen atoms in total. The van der Waals surface area contributed by atoms with Crippen molar-refractivity contribution in [1.29, 1.82) is 0 Å². The molecular formula is C11H8ClNO4. The van der Waals surface area contributed by atoms with Crippen LogP contribution in [0.2, 0.25) is 5.02 Å². The minimum atomic E-state index is -1.22. The van der Waals surface area contributed by atoms with Crippen molar-refractivity contribution in [2.45, 2.75) is 6.92 Å². The third kappa shape index (κ3) is 3.78. The maximum absolute atomic E-state index is 10.9. The van der Waals surface area contributed by atoms with E-state index < -0.39 is 11.9 Å². The normalized spacial score (nSPS) is 9.06. The second-order valence-electron chi connectivity index (χ2n) is 2.83. The number of hydrogen-bond donors (Lipinski definition) is 1. The maximum atomic E-state index is 10.9. The number of aromatic nitrogens is 1. The van der Waals surface area contributed by atoms with Crippen LogP contribution in [0, 0.1) is 11.8 Å². The molecule has 0 saturated heterocycles. The Morgan fingerprint density at radius 2 is 2.29 bits per heavy atom. The van der Waals surface area contributed by atoms with Gasteiger partial charge in [0.1, 0.15) is 0 Å². The zero-order chi connectivity index (χ0) is 12.8. The van der Waals surface area contributed by atoms with Crippen molar-refractivity contribution in [3.05, 3.63) is 28.5 Å². The highest BCUT2D eigenvalue weighted by Gasteiger charge is 2.10. The van der Waals surface area contributed by atoms with Gasteiger partial charge in [0.25, 0.3) is 0 Å². The number of aromatic carboxylic acids is 1. The minimum absolute atomic E-state index is 0.0341. The van der Waals surface area contributed by atoms with Gasteiger partial charge in [0, 0.05) is 17.7 Å². The number of pyridine rings is 1. The topological polar surface area (TPSA) is 76.5 Å². The standard InChI is InChI=1S/C11H8ClNO4/c1-2-17-9(14)4-3-7-5-8(12)10(11(15)16)13-6-7/h5-6H,2H2,1H3,(H,15,16). The van der Waals surface area contributed by atoms with Gasteiger partial charge in [-0.1, -0.05) is 17.5 Å². The predicted molar refractivity (Wildman–Crippen MR) is 59.7 cm³/mol. The van der Waals surface area contributed by atoms with Gasteiger partial charge >= 0.3 is 11.9 Å². The molecule has 6 heteroatoms. The SMILES string of the molecule is CCOC(=O)C#Cc1cnc(C(=O)O)c(Cl)c1. The lowest BCUT2D eigenvalue weighted by Gasteiger charge is -1.97. The van der Waals surface area contributed by atoms with Crippen molar-refractivity contribution in [2.75, 3.05) is 6.61 Å². The molecule has 0 atom stereocenters. The molecular weight excluding hydrogens is 246 g/mol. The first kappa shape index (κ1) is 13.0. The second-order valence-corrected chi connectivity index (χ2v) is 3.24. The monoisotopic (exact) mass is 253 g/mol. The summed E-state index contributed by atoms with van der Waals surface area (Å²) in [5.74, 6) is 2.81. The van der Waals surface area contributed by atoms with Crippen LogP contribution in [0.25, 0.3) is 0 Å². The average molecular weight is 254 g/mol. The van der Waals surface area contributed by atoms with Gasteiger partial charge in [-0.25, -0.2) is 14.6 Å². The first-order valence-electron chi connectivity index (χ1n) is 4.62. The van der Waals surface area contributed by atoms with Crippen LogP contribution in [0.5, 0.6) is 0 Å². The first-order chi connectivity index (χ1) is 8.04. The van der Waals surface area contributed by atoms with E-state index in [0.29, 0.717) is 5.56 Å². The van der Waals surface area contributed by atoms with Gasteiger partial charge in [-0.15, -0.1) is 0 Å². The second kappa shape index (κ2) is 5.87. The molecule has 1 heterocycles. The van der Waals surface area contributed by atoms with Crippen LogP contribution in [0.1, 0.15) is 23.0 Å². The van der Waals surface area contributed by atoms with E-state index in [2.05, 4.69) is 21.6 Å². The molecule has 1 rings (SSSR count). The van der Waals surface area contributed by atoms with E-state index in [-0.39, 0.29) is 17.3 Å². The van der Waals surface area contributed by atoms with Gasteiger partial charge in [0.2, 0.25) is 0 Å². The molecule has 0 aliphatic rings. The Hall–Kier alpha value is -2.06. The van der Waals surface area contributed by atoms with Gasteiger partial charge in [-0.2, -0.15) is 0 Å². The summed E-state index contributed by atoms with van der Waals surface area (Å²) in [6.45, 7) is 1.91. The van der Waals surface area contributed by atoms with E-state index in [1.807, 2.05) is 0 Å². The van der Waals surface area contributed by atoms with Crippen LogP contribution in [-0.4, -0.2) is 28.6 Å². The summed E-state index contributed by atoms with van der Waals surface area (Å²) in [5, 5.41) is 8.65. The molecule has 17 heavy (non-hydrogen) atoms. The third-order valence-electron chi connectivity index (χ3n) is 1.63. The Balaban J connectivity index is 2.91. The molecule has 0 aromatic carbocycles. The van der Waals surface area contributed by atoms with Gasteiger partial charge in [-0.3, -0.25) is 0 Å². The number of carbonyl (C=O) groups is 2. The lowest BCUT2D eigenvalue weighted by atomic mass is 10.2. The fourth-order valence-corrected chi connectivity index (χ4v) is 1.20. The number of nitrogens with zero attached hydrogens (tertiary/aromatic N) is 1. The van der Waals surface area contributed by atoms with Gasteiger partial charge < -0.3 is 9.84 Å². The number of halogens is 1. The van der Waals surface area contributed by atoms with Crippen LogP contribution in [0.4, 0.5) is 0 Å². The Morgan fingerprint density at radius 3 is 2.82 bits per heavy atom. The zero-order valence-corrected chi connectivity index (χ0v) is 9.61. The van der Waals surface area contributed by atoms with E-state index in [0.717, 1.165) is 0 Å². The first-order valence-corrected chi connectivity index (χ1v) is 5.00. The molecule has 0 aliphatic heterocycles. The lowest BCUT2D eigenvalue weighted by Crippen LogP contribution is -2.02. The fourth-order valence-electron chi connectivity index (χ4n) is 0.954. The van der Waals surface area contributed by atoms with E-state index in [1.165, 1.54) is 12.3 Å². The van der Waals surface area contributed by atoms with Crippen LogP contribution in [0.15, 0.2) is 12.3 Å². The summed E-state index contributed by atoms with van der Waals surface area (Å²) < 4.78 is 4.60. The smallest absolute Gasteiger partial charge is 0.384 e. The van der Waals surface area contributed by atoms with Crippen LogP contribution in [0.3, 0.4) is 0 Å². The van der Waals surface area contributed by atoms with Crippen LogP contribution >= 0.6 is 11.6 Å². The molecule has 0 fully saturated rings. The number of carboxylic acid groups (broad SMARTS) is 1. The van der Waals surface area contributed by atoms with Gasteiger partial charge in [0.15, 0.2) is 5.69 Å². The molecule has 0 unspecified atom stereocenters. The molecule has 88 valence electrons. The molecule has 0 spiro atoms. The Bertz CT molecular complexity index is 516. The molecule has 0 radical (unpaired) electrons. The van der Waals surface area contributed by atoms with Gasteiger partial charge in [0.05, 0.1) is 11.6 Å². The summed E-state index contributed by atoms with van der Waals surface area (Å²) >= 11 is 5.67. The summed E-state index contributed by atoms with van der Waals surface area (Å²) in [7, 11) is 0. The largest absolute Gasteiger partial charge is 0.476 e. The average Bonchev–Trinajstić information content (AvgIpc) is 2.26. The third-order valence-corrected chi connectivity index (χ3v) is 1.92. The highest BCUT2D eigenvalue weighted by Crippen LogP contribution is 2.14. The summed E-state index contributed by atoms with van der Waals surface area (Å²) in [5.41, 5.74) is 0.0846. The van der Waals surface area contributed by atoms with Crippen molar-refractivity contribution in [2.24, 2.45) is 0 Å². The van der Waals surface area contributed by atoms with Crippen molar-refractivity contribution < 1.29 is 19.4 Å². The number of carboxylic acids is 1. The number of hydrogen-bond acceptors (Lipinski definition) is 4. The van der Waals surface area contributed by atoms with E-state index in [4.69, 9.17) is 16.7 Å². The quantitative estimate of drug-likeness (QED) is 0.636. The van der Waals surface area contributed by atoms with E-state index in [1.54, 1.807) is 6.92 Å². The molecule has 1 aromatic rings. The predicted octanol–water partition coefficient (Wildman–Crippen LogP) is 1.35. The molecule has 0 aliphatic carbocycles. The molecule has 1 N–H and O–H groups in total. The highest BCUT2D eigenvalue weighted by atomic mass is 35.5. The summed E-state index contributed by atoms with van der Waals surface area (Å²) in [4.78, 5) is 25.2. The zero-order valence-electron chi connectivity index (χ0n) is 8.86. The van der Waals surface area contributed by atoms with Crippen molar-refractivity contribution >= 4 is 23.5 Å². The number of esters is 1. The highest BCUT2D eigenvalue weighted by molar-refractivity contribution is 6.33. The van der Waals surface area contributed by atoms with Crippen molar-refractivity contribution in [3.8, 4) is 11.8 Å². The van der Waals surface area contributed by atoms with E-state index >= 15 is 0 Å². The summed E-state index contributed by atoms with van der Waals surface area (Å²) in [6, 6.07) is 1.32. The number of rotatable bonds is 2. The van der Waals surface area contributed by atoms with Crippen LogP contribution in [-0.2, 0) is 9.53 Å². The van der Waals surface area contributed by atoms with Gasteiger partial charge in [-0.05, 0) is 13.0 Å². The molecule has 0 amide bonds. The fraction of sp³-hybridized carbons (Fsp3) is 0.182. The Morgan fingerprint density at radius 1 is 1.59 bits per heavy atom. The molecule has 1 aromatic heterocycles. The lowest BCUT2D eigenvalue weighted by molar-refractivity contribution is -0.136. The number of ether oxygens (including phenoxy) is 1. The minimum Gasteiger partial charge on any atom is -0.476 e. The Kier molecular flexibility index (Phi) is 4.49. The molecule has 0 bridgehead atoms. The summed E-state index contributed by atoms with van der Waals surface area (Å²) in [6.07, 6.45) is 1.22. The number of carbonyl (C=O) groups excluding carboxylic acids is 1. The van der Waals surface area contributed by atoms with Crippen molar-refractivity contribution in [3.63, 3.8) is 0 Å². The maximum Gasteiger partial charge on any atom is 0.384 e.